The van der Waals surface area contributed by atoms with Crippen LogP contribution in [0, 0.1) is 0 Å². The van der Waals surface area contributed by atoms with E-state index in [1.165, 1.54) is 25.3 Å². The van der Waals surface area contributed by atoms with Crippen molar-refractivity contribution in [2.24, 2.45) is 0 Å². The van der Waals surface area contributed by atoms with Crippen LogP contribution < -0.4 is 4.74 Å². The third-order valence-corrected chi connectivity index (χ3v) is 2.78. The zero-order valence-electron chi connectivity index (χ0n) is 11.1. The normalized spacial score (nSPS) is 12.1. The molecule has 4 nitrogen and oxygen atoms in total. The van der Waals surface area contributed by atoms with E-state index in [2.05, 4.69) is 11.9 Å². The standard InChI is InChI=1S/C14H21NO3/c1-3-4-5-6-8-11(2)18-13-12(14(16)17)9-7-10-15-13/h7,9-11H,3-6,8H2,1-2H3,(H,16,17). The lowest BCUT2D eigenvalue weighted by Gasteiger charge is -2.14. The van der Waals surface area contributed by atoms with E-state index in [-0.39, 0.29) is 17.5 Å². The van der Waals surface area contributed by atoms with Gasteiger partial charge in [0.25, 0.3) is 0 Å². The summed E-state index contributed by atoms with van der Waals surface area (Å²) in [5.74, 6) is -0.788. The molecule has 1 aromatic rings. The highest BCUT2D eigenvalue weighted by atomic mass is 16.5. The van der Waals surface area contributed by atoms with Crippen molar-refractivity contribution in [2.45, 2.75) is 52.1 Å². The van der Waals surface area contributed by atoms with Crippen LogP contribution in [-0.4, -0.2) is 22.2 Å². The van der Waals surface area contributed by atoms with Crippen LogP contribution >= 0.6 is 0 Å². The minimum atomic E-state index is -1.00. The van der Waals surface area contributed by atoms with E-state index in [1.807, 2.05) is 6.92 Å². The SMILES string of the molecule is CCCCCCC(C)Oc1ncccc1C(=O)O. The summed E-state index contributed by atoms with van der Waals surface area (Å²) in [6.45, 7) is 4.12. The molecule has 100 valence electrons. The lowest BCUT2D eigenvalue weighted by Crippen LogP contribution is -2.15. The molecule has 1 N–H and O–H groups in total. The third-order valence-electron chi connectivity index (χ3n) is 2.78. The van der Waals surface area contributed by atoms with Crippen LogP contribution in [-0.2, 0) is 0 Å². The Hall–Kier alpha value is -1.58. The van der Waals surface area contributed by atoms with Crippen molar-refractivity contribution in [3.63, 3.8) is 0 Å². The van der Waals surface area contributed by atoms with Gasteiger partial charge in [-0.1, -0.05) is 26.2 Å². The molecule has 1 atom stereocenters. The van der Waals surface area contributed by atoms with E-state index in [1.54, 1.807) is 12.3 Å². The third kappa shape index (κ3) is 4.73. The Bertz CT molecular complexity index is 379. The molecule has 0 fully saturated rings. The predicted octanol–water partition coefficient (Wildman–Crippen LogP) is 3.52. The van der Waals surface area contributed by atoms with Crippen LogP contribution in [0.15, 0.2) is 18.3 Å². The summed E-state index contributed by atoms with van der Waals surface area (Å²) in [6, 6.07) is 3.11. The summed E-state index contributed by atoms with van der Waals surface area (Å²) in [7, 11) is 0. The largest absolute Gasteiger partial charge is 0.477 e. The van der Waals surface area contributed by atoms with Gasteiger partial charge in [-0.25, -0.2) is 9.78 Å². The number of pyridine rings is 1. The molecule has 0 saturated carbocycles. The van der Waals surface area contributed by atoms with Crippen molar-refractivity contribution in [3.8, 4) is 5.88 Å². The Morgan fingerprint density at radius 3 is 2.89 bits per heavy atom. The monoisotopic (exact) mass is 251 g/mol. The first-order chi connectivity index (χ1) is 8.65. The van der Waals surface area contributed by atoms with Crippen LogP contribution in [0.3, 0.4) is 0 Å². The molecule has 1 unspecified atom stereocenters. The molecule has 1 rings (SSSR count). The number of hydrogen-bond donors (Lipinski definition) is 1. The van der Waals surface area contributed by atoms with Crippen LogP contribution in [0.5, 0.6) is 5.88 Å². The number of aromatic nitrogens is 1. The second-order valence-electron chi connectivity index (χ2n) is 4.44. The average molecular weight is 251 g/mol. The fourth-order valence-corrected chi connectivity index (χ4v) is 1.76. The first-order valence-electron chi connectivity index (χ1n) is 6.50. The fraction of sp³-hybridized carbons (Fsp3) is 0.571. The van der Waals surface area contributed by atoms with Gasteiger partial charge in [0.15, 0.2) is 0 Å². The zero-order valence-corrected chi connectivity index (χ0v) is 11.1. The van der Waals surface area contributed by atoms with Crippen LogP contribution in [0.4, 0.5) is 0 Å². The van der Waals surface area contributed by atoms with Gasteiger partial charge < -0.3 is 9.84 Å². The lowest BCUT2D eigenvalue weighted by atomic mass is 10.1. The fourth-order valence-electron chi connectivity index (χ4n) is 1.76. The molecule has 4 heteroatoms. The van der Waals surface area contributed by atoms with E-state index >= 15 is 0 Å². The van der Waals surface area contributed by atoms with Crippen molar-refractivity contribution >= 4 is 5.97 Å². The Labute approximate surface area is 108 Å². The maximum absolute atomic E-state index is 11.0. The molecule has 0 aliphatic rings. The van der Waals surface area contributed by atoms with Gasteiger partial charge in [0.05, 0.1) is 6.10 Å². The van der Waals surface area contributed by atoms with Gasteiger partial charge in [-0.05, 0) is 31.9 Å². The summed E-state index contributed by atoms with van der Waals surface area (Å²) in [4.78, 5) is 15.0. The van der Waals surface area contributed by atoms with Crippen LogP contribution in [0.25, 0.3) is 0 Å². The highest BCUT2D eigenvalue weighted by Crippen LogP contribution is 2.17. The average Bonchev–Trinajstić information content (AvgIpc) is 2.35. The molecule has 0 spiro atoms. The molecule has 0 saturated heterocycles. The smallest absolute Gasteiger partial charge is 0.341 e. The van der Waals surface area contributed by atoms with Crippen LogP contribution in [0.1, 0.15) is 56.3 Å². The second-order valence-corrected chi connectivity index (χ2v) is 4.44. The van der Waals surface area contributed by atoms with Gasteiger partial charge in [-0.15, -0.1) is 0 Å². The van der Waals surface area contributed by atoms with E-state index in [0.717, 1.165) is 12.8 Å². The molecular formula is C14H21NO3. The number of aromatic carboxylic acids is 1. The van der Waals surface area contributed by atoms with Gasteiger partial charge in [0.1, 0.15) is 5.56 Å². The Morgan fingerprint density at radius 1 is 1.44 bits per heavy atom. The van der Waals surface area contributed by atoms with E-state index in [0.29, 0.717) is 0 Å². The predicted molar refractivity (Wildman–Crippen MR) is 70.0 cm³/mol. The number of rotatable bonds is 8. The molecule has 1 aromatic heterocycles. The highest BCUT2D eigenvalue weighted by molar-refractivity contribution is 5.90. The summed E-state index contributed by atoms with van der Waals surface area (Å²) < 4.78 is 5.60. The minimum Gasteiger partial charge on any atom is -0.477 e. The summed E-state index contributed by atoms with van der Waals surface area (Å²) in [5.41, 5.74) is 0.123. The van der Waals surface area contributed by atoms with Gasteiger partial charge in [0.2, 0.25) is 5.88 Å². The number of ether oxygens (including phenoxy) is 1. The summed E-state index contributed by atoms with van der Waals surface area (Å²) >= 11 is 0. The van der Waals surface area contributed by atoms with Gasteiger partial charge in [-0.2, -0.15) is 0 Å². The molecule has 0 bridgehead atoms. The topological polar surface area (TPSA) is 59.4 Å². The van der Waals surface area contributed by atoms with Gasteiger partial charge >= 0.3 is 5.97 Å². The molecule has 1 heterocycles. The maximum Gasteiger partial charge on any atom is 0.341 e. The van der Waals surface area contributed by atoms with E-state index in [9.17, 15) is 4.79 Å². The van der Waals surface area contributed by atoms with Crippen molar-refractivity contribution in [1.29, 1.82) is 0 Å². The molecule has 0 aromatic carbocycles. The lowest BCUT2D eigenvalue weighted by molar-refractivity contribution is 0.0687. The number of hydrogen-bond acceptors (Lipinski definition) is 3. The summed E-state index contributed by atoms with van der Waals surface area (Å²) in [6.07, 6.45) is 7.20. The van der Waals surface area contributed by atoms with Crippen molar-refractivity contribution < 1.29 is 14.6 Å². The molecule has 0 aliphatic carbocycles. The first kappa shape index (κ1) is 14.5. The molecule has 0 radical (unpaired) electrons. The van der Waals surface area contributed by atoms with Crippen LogP contribution in [0.2, 0.25) is 0 Å². The number of nitrogens with zero attached hydrogens (tertiary/aromatic N) is 1. The van der Waals surface area contributed by atoms with Crippen molar-refractivity contribution in [1.82, 2.24) is 4.98 Å². The summed E-state index contributed by atoms with van der Waals surface area (Å²) in [5, 5.41) is 9.00. The van der Waals surface area contributed by atoms with Crippen molar-refractivity contribution in [2.75, 3.05) is 0 Å². The van der Waals surface area contributed by atoms with E-state index < -0.39 is 5.97 Å². The highest BCUT2D eigenvalue weighted by Gasteiger charge is 2.14. The van der Waals surface area contributed by atoms with Crippen molar-refractivity contribution in [3.05, 3.63) is 23.9 Å². The molecule has 0 aliphatic heterocycles. The quantitative estimate of drug-likeness (QED) is 0.718. The number of carboxylic acid groups (broad SMARTS) is 1. The Balaban J connectivity index is 2.48. The zero-order chi connectivity index (χ0) is 13.4. The number of unbranched alkanes of at least 4 members (excludes halogenated alkanes) is 3. The molecule has 18 heavy (non-hydrogen) atoms. The first-order valence-corrected chi connectivity index (χ1v) is 6.50. The van der Waals surface area contributed by atoms with Gasteiger partial charge in [-0.3, -0.25) is 0 Å². The number of carboxylic acids is 1. The second kappa shape index (κ2) is 7.69. The Kier molecular flexibility index (Phi) is 6.19. The molecular weight excluding hydrogens is 230 g/mol. The number of carbonyl (C=O) groups is 1. The molecule has 0 amide bonds. The van der Waals surface area contributed by atoms with Gasteiger partial charge in [0, 0.05) is 6.20 Å². The van der Waals surface area contributed by atoms with E-state index in [4.69, 9.17) is 9.84 Å². The Morgan fingerprint density at radius 2 is 2.22 bits per heavy atom. The maximum atomic E-state index is 11.0. The minimum absolute atomic E-state index is 0.00476.